The maximum absolute atomic E-state index is 12.3. The van der Waals surface area contributed by atoms with E-state index in [-0.39, 0.29) is 6.42 Å². The van der Waals surface area contributed by atoms with Gasteiger partial charge in [-0.25, -0.2) is 15.0 Å². The molecule has 3 heterocycles. The van der Waals surface area contributed by atoms with Gasteiger partial charge in [-0.3, -0.25) is 9.59 Å². The average molecular weight is 392 g/mol. The molecule has 3 N–H and O–H groups in total. The quantitative estimate of drug-likeness (QED) is 0.415. The summed E-state index contributed by atoms with van der Waals surface area (Å²) in [7, 11) is 0. The molecule has 4 aromatic rings. The van der Waals surface area contributed by atoms with Crippen LogP contribution < -0.4 is 5.32 Å². The number of anilines is 1. The van der Waals surface area contributed by atoms with E-state index in [0.29, 0.717) is 23.4 Å². The summed E-state index contributed by atoms with van der Waals surface area (Å²) in [4.78, 5) is 42.6. The van der Waals surface area contributed by atoms with Crippen LogP contribution in [-0.2, 0) is 20.7 Å². The second kappa shape index (κ2) is 8.09. The third-order valence-corrected chi connectivity index (χ3v) is 4.64. The largest absolute Gasteiger partial charge is 0.453 e. The third-order valence-electron chi connectivity index (χ3n) is 4.64. The zero-order valence-electron chi connectivity index (χ0n) is 15.8. The smallest absolute Gasteiger partial charge is 0.306 e. The monoisotopic (exact) mass is 392 g/mol. The summed E-state index contributed by atoms with van der Waals surface area (Å²) in [6.07, 6.45) is 5.41. The van der Waals surface area contributed by atoms with Gasteiger partial charge >= 0.3 is 5.97 Å². The van der Waals surface area contributed by atoms with Crippen LogP contribution in [0.25, 0.3) is 22.1 Å². The molecule has 4 rings (SSSR count). The second-order valence-electron chi connectivity index (χ2n) is 6.66. The number of aryl methyl sites for hydroxylation is 1. The lowest BCUT2D eigenvalue weighted by molar-refractivity contribution is -0.153. The van der Waals surface area contributed by atoms with Crippen LogP contribution in [-0.4, -0.2) is 42.9 Å². The normalized spacial score (nSPS) is 12.2. The summed E-state index contributed by atoms with van der Waals surface area (Å²) in [5.41, 5.74) is 3.19. The highest BCUT2D eigenvalue weighted by atomic mass is 16.5. The van der Waals surface area contributed by atoms with Crippen LogP contribution in [0.1, 0.15) is 25.3 Å². The Labute approximate surface area is 165 Å². The van der Waals surface area contributed by atoms with Crippen molar-refractivity contribution in [2.45, 2.75) is 32.3 Å². The molecule has 0 aliphatic carbocycles. The van der Waals surface area contributed by atoms with Crippen LogP contribution in [0.15, 0.2) is 43.1 Å². The zero-order valence-corrected chi connectivity index (χ0v) is 15.8. The van der Waals surface area contributed by atoms with Gasteiger partial charge in [0.2, 0.25) is 0 Å². The van der Waals surface area contributed by atoms with Crippen LogP contribution in [0.4, 0.5) is 5.82 Å². The molecule has 148 valence electrons. The number of aromatic nitrogens is 5. The standard InChI is InChI=1S/C20H20N6O3/c1-12(20(28)26-19-17-18(23-10-22-17)24-11-25-19)29-16(27)8-4-5-13-9-21-15-7-3-2-6-14(13)15/h2-3,6-7,9-12,21H,4-5,8H2,1H3,(H2,22,23,24,25,26,28). The van der Waals surface area contributed by atoms with E-state index < -0.39 is 18.0 Å². The van der Waals surface area contributed by atoms with E-state index in [1.165, 1.54) is 19.6 Å². The van der Waals surface area contributed by atoms with E-state index in [0.717, 1.165) is 22.9 Å². The number of carbonyl (C=O) groups excluding carboxylic acids is 2. The minimum Gasteiger partial charge on any atom is -0.453 e. The van der Waals surface area contributed by atoms with Crippen molar-refractivity contribution in [3.05, 3.63) is 48.7 Å². The van der Waals surface area contributed by atoms with Gasteiger partial charge in [-0.2, -0.15) is 0 Å². The molecule has 0 fully saturated rings. The number of imidazole rings is 1. The molecular weight excluding hydrogens is 372 g/mol. The van der Waals surface area contributed by atoms with Gasteiger partial charge in [-0.1, -0.05) is 18.2 Å². The SMILES string of the molecule is CC(OC(=O)CCCc1c[nH]c2ccccc12)C(=O)Nc1ncnc2nc[nH]c12. The molecule has 3 aromatic heterocycles. The van der Waals surface area contributed by atoms with Gasteiger partial charge in [-0.05, 0) is 31.4 Å². The fourth-order valence-electron chi connectivity index (χ4n) is 3.15. The van der Waals surface area contributed by atoms with Gasteiger partial charge < -0.3 is 20.0 Å². The first-order valence-corrected chi connectivity index (χ1v) is 9.31. The summed E-state index contributed by atoms with van der Waals surface area (Å²) >= 11 is 0. The summed E-state index contributed by atoms with van der Waals surface area (Å²) in [6, 6.07) is 8.03. The van der Waals surface area contributed by atoms with E-state index in [1.807, 2.05) is 24.4 Å². The summed E-state index contributed by atoms with van der Waals surface area (Å²) in [5.74, 6) is -0.592. The molecule has 29 heavy (non-hydrogen) atoms. The van der Waals surface area contributed by atoms with Crippen LogP contribution in [0, 0.1) is 0 Å². The van der Waals surface area contributed by atoms with Gasteiger partial charge in [0.1, 0.15) is 11.8 Å². The van der Waals surface area contributed by atoms with Crippen molar-refractivity contribution >= 4 is 39.8 Å². The van der Waals surface area contributed by atoms with Crippen LogP contribution >= 0.6 is 0 Å². The molecule has 9 heteroatoms. The molecule has 1 atom stereocenters. The number of benzene rings is 1. The maximum Gasteiger partial charge on any atom is 0.306 e. The van der Waals surface area contributed by atoms with Gasteiger partial charge in [-0.15, -0.1) is 0 Å². The Morgan fingerprint density at radius 1 is 1.17 bits per heavy atom. The number of fused-ring (bicyclic) bond motifs is 2. The highest BCUT2D eigenvalue weighted by molar-refractivity contribution is 5.99. The number of H-pyrrole nitrogens is 2. The predicted octanol–water partition coefficient (Wildman–Crippen LogP) is 2.73. The molecule has 0 aliphatic heterocycles. The number of rotatable bonds is 7. The van der Waals surface area contributed by atoms with Gasteiger partial charge in [0.05, 0.1) is 6.33 Å². The lowest BCUT2D eigenvalue weighted by Crippen LogP contribution is -2.30. The number of amides is 1. The molecule has 0 saturated heterocycles. The fourth-order valence-corrected chi connectivity index (χ4v) is 3.15. The molecule has 0 saturated carbocycles. The highest BCUT2D eigenvalue weighted by Crippen LogP contribution is 2.20. The van der Waals surface area contributed by atoms with Crippen molar-refractivity contribution in [3.63, 3.8) is 0 Å². The number of nitrogens with one attached hydrogen (secondary N) is 3. The lowest BCUT2D eigenvalue weighted by Gasteiger charge is -2.13. The summed E-state index contributed by atoms with van der Waals surface area (Å²) in [6.45, 7) is 1.53. The maximum atomic E-state index is 12.3. The Morgan fingerprint density at radius 2 is 2.03 bits per heavy atom. The predicted molar refractivity (Wildman–Crippen MR) is 107 cm³/mol. The molecular formula is C20H20N6O3. The minimum absolute atomic E-state index is 0.232. The minimum atomic E-state index is -0.941. The van der Waals surface area contributed by atoms with E-state index in [4.69, 9.17) is 4.74 Å². The Bertz CT molecular complexity index is 1170. The number of ether oxygens (including phenoxy) is 1. The number of hydrogen-bond acceptors (Lipinski definition) is 6. The van der Waals surface area contributed by atoms with E-state index >= 15 is 0 Å². The molecule has 9 nitrogen and oxygen atoms in total. The van der Waals surface area contributed by atoms with Crippen molar-refractivity contribution < 1.29 is 14.3 Å². The first kappa shape index (κ1) is 18.6. The van der Waals surface area contributed by atoms with Crippen LogP contribution in [0.2, 0.25) is 0 Å². The van der Waals surface area contributed by atoms with E-state index in [2.05, 4.69) is 36.3 Å². The first-order chi connectivity index (χ1) is 14.1. The van der Waals surface area contributed by atoms with Crippen molar-refractivity contribution in [1.82, 2.24) is 24.9 Å². The Hall–Kier alpha value is -3.75. The third kappa shape index (κ3) is 4.08. The molecule has 0 radical (unpaired) electrons. The van der Waals surface area contributed by atoms with Crippen molar-refractivity contribution in [2.75, 3.05) is 5.32 Å². The number of aromatic amines is 2. The average Bonchev–Trinajstić information content (AvgIpc) is 3.36. The zero-order chi connectivity index (χ0) is 20.2. The topological polar surface area (TPSA) is 126 Å². The van der Waals surface area contributed by atoms with Crippen LogP contribution in [0.3, 0.4) is 0 Å². The summed E-state index contributed by atoms with van der Waals surface area (Å²) < 4.78 is 5.26. The summed E-state index contributed by atoms with van der Waals surface area (Å²) in [5, 5.41) is 3.79. The van der Waals surface area contributed by atoms with Gasteiger partial charge in [0, 0.05) is 23.5 Å². The molecule has 0 aliphatic rings. The lowest BCUT2D eigenvalue weighted by atomic mass is 10.1. The second-order valence-corrected chi connectivity index (χ2v) is 6.66. The number of esters is 1. The number of nitrogens with zero attached hydrogens (tertiary/aromatic N) is 3. The number of carbonyl (C=O) groups is 2. The fraction of sp³-hybridized carbons (Fsp3) is 0.250. The molecule has 0 spiro atoms. The van der Waals surface area contributed by atoms with Crippen molar-refractivity contribution in [3.8, 4) is 0 Å². The Kier molecular flexibility index (Phi) is 5.19. The molecule has 1 unspecified atom stereocenters. The van der Waals surface area contributed by atoms with Crippen molar-refractivity contribution in [1.29, 1.82) is 0 Å². The molecule has 0 bridgehead atoms. The Balaban J connectivity index is 1.27. The number of para-hydroxylation sites is 1. The Morgan fingerprint density at radius 3 is 2.93 bits per heavy atom. The van der Waals surface area contributed by atoms with Gasteiger partial charge in [0.25, 0.3) is 5.91 Å². The van der Waals surface area contributed by atoms with E-state index in [1.54, 1.807) is 0 Å². The molecule has 1 amide bonds. The molecule has 1 aromatic carbocycles. The first-order valence-electron chi connectivity index (χ1n) is 9.31. The van der Waals surface area contributed by atoms with Crippen LogP contribution in [0.5, 0.6) is 0 Å². The van der Waals surface area contributed by atoms with E-state index in [9.17, 15) is 9.59 Å². The van der Waals surface area contributed by atoms with Gasteiger partial charge in [0.15, 0.2) is 17.6 Å². The highest BCUT2D eigenvalue weighted by Gasteiger charge is 2.19. The number of hydrogen-bond donors (Lipinski definition) is 3. The van der Waals surface area contributed by atoms with Crippen molar-refractivity contribution in [2.24, 2.45) is 0 Å².